The molecule has 12 heavy (non-hydrogen) atoms. The van der Waals surface area contributed by atoms with Gasteiger partial charge in [-0.3, -0.25) is 10.6 Å². The summed E-state index contributed by atoms with van der Waals surface area (Å²) in [6.07, 6.45) is 0.0223. The van der Waals surface area contributed by atoms with Crippen LogP contribution in [0.25, 0.3) is 0 Å². The van der Waals surface area contributed by atoms with Crippen LogP contribution in [0.15, 0.2) is 12.2 Å². The minimum atomic E-state index is 0.0112. The molecule has 0 fully saturated rings. The molecule has 4 heteroatoms. The molecule has 0 heterocycles. The second-order valence-electron chi connectivity index (χ2n) is 3.09. The summed E-state index contributed by atoms with van der Waals surface area (Å²) in [6, 6.07) is 0. The molecule has 0 saturated heterocycles. The van der Waals surface area contributed by atoms with Crippen molar-refractivity contribution in [3.05, 3.63) is 12.2 Å². The van der Waals surface area contributed by atoms with Crippen LogP contribution in [0.1, 0.15) is 13.8 Å². The molecule has 0 saturated carbocycles. The third-order valence-corrected chi connectivity index (χ3v) is 1.35. The van der Waals surface area contributed by atoms with Crippen LogP contribution in [0.4, 0.5) is 0 Å². The lowest BCUT2D eigenvalue weighted by Crippen LogP contribution is -2.39. The Morgan fingerprint density at radius 1 is 1.17 bits per heavy atom. The molecule has 0 bridgehead atoms. The third kappa shape index (κ3) is 7.68. The number of nitrogens with two attached hydrogens (primary N) is 2. The fourth-order valence-electron chi connectivity index (χ4n) is 0.673. The van der Waals surface area contributed by atoms with Crippen LogP contribution < -0.4 is 22.1 Å². The van der Waals surface area contributed by atoms with Crippen molar-refractivity contribution in [1.82, 2.24) is 10.6 Å². The molecule has 0 aliphatic heterocycles. The highest BCUT2D eigenvalue weighted by Crippen LogP contribution is 1.85. The Labute approximate surface area is 74.4 Å². The van der Waals surface area contributed by atoms with E-state index >= 15 is 0 Å². The van der Waals surface area contributed by atoms with Crippen LogP contribution in [0.3, 0.4) is 0 Å². The van der Waals surface area contributed by atoms with E-state index in [-0.39, 0.29) is 12.3 Å². The molecular formula is C8H20N4. The molecule has 2 atom stereocenters. The SMILES string of the molecule is C=C(CNC(C)N)CNC(C)N. The molecule has 4 nitrogen and oxygen atoms in total. The molecule has 0 rings (SSSR count). The summed E-state index contributed by atoms with van der Waals surface area (Å²) in [7, 11) is 0. The smallest absolute Gasteiger partial charge is 0.0519 e. The van der Waals surface area contributed by atoms with Gasteiger partial charge in [-0.05, 0) is 19.4 Å². The van der Waals surface area contributed by atoms with Gasteiger partial charge in [-0.25, -0.2) is 0 Å². The molecule has 6 N–H and O–H groups in total. The first-order valence-electron chi connectivity index (χ1n) is 4.17. The maximum atomic E-state index is 5.50. The topological polar surface area (TPSA) is 76.1 Å². The summed E-state index contributed by atoms with van der Waals surface area (Å²) in [5.41, 5.74) is 12.1. The summed E-state index contributed by atoms with van der Waals surface area (Å²) >= 11 is 0. The molecule has 0 aromatic carbocycles. The Morgan fingerprint density at radius 2 is 1.50 bits per heavy atom. The highest BCUT2D eigenvalue weighted by molar-refractivity contribution is 4.99. The average Bonchev–Trinajstić information content (AvgIpc) is 1.96. The largest absolute Gasteiger partial charge is 0.316 e. The van der Waals surface area contributed by atoms with Crippen molar-refractivity contribution in [3.8, 4) is 0 Å². The molecule has 0 amide bonds. The van der Waals surface area contributed by atoms with Crippen molar-refractivity contribution in [2.45, 2.75) is 26.2 Å². The van der Waals surface area contributed by atoms with E-state index in [0.29, 0.717) is 0 Å². The molecule has 0 aliphatic rings. The Morgan fingerprint density at radius 3 is 1.75 bits per heavy atom. The van der Waals surface area contributed by atoms with E-state index in [4.69, 9.17) is 11.5 Å². The Bertz CT molecular complexity index is 117. The lowest BCUT2D eigenvalue weighted by Gasteiger charge is -2.12. The quantitative estimate of drug-likeness (QED) is 0.317. The van der Waals surface area contributed by atoms with Gasteiger partial charge in [-0.1, -0.05) is 6.58 Å². The van der Waals surface area contributed by atoms with Crippen LogP contribution in [0.5, 0.6) is 0 Å². The van der Waals surface area contributed by atoms with E-state index in [2.05, 4.69) is 17.2 Å². The molecule has 0 aliphatic carbocycles. The fourth-order valence-corrected chi connectivity index (χ4v) is 0.673. The minimum absolute atomic E-state index is 0.0112. The molecule has 72 valence electrons. The summed E-state index contributed by atoms with van der Waals surface area (Å²) in [4.78, 5) is 0. The fraction of sp³-hybridized carbons (Fsp3) is 0.750. The monoisotopic (exact) mass is 172 g/mol. The number of hydrogen-bond acceptors (Lipinski definition) is 4. The van der Waals surface area contributed by atoms with Gasteiger partial charge in [0.2, 0.25) is 0 Å². The Balaban J connectivity index is 3.34. The molecule has 0 radical (unpaired) electrons. The minimum Gasteiger partial charge on any atom is -0.316 e. The summed E-state index contributed by atoms with van der Waals surface area (Å²) < 4.78 is 0. The van der Waals surface area contributed by atoms with Crippen molar-refractivity contribution in [3.63, 3.8) is 0 Å². The zero-order chi connectivity index (χ0) is 9.56. The lowest BCUT2D eigenvalue weighted by atomic mass is 10.3. The first-order chi connectivity index (χ1) is 5.52. The van der Waals surface area contributed by atoms with Gasteiger partial charge in [-0.2, -0.15) is 0 Å². The second-order valence-corrected chi connectivity index (χ2v) is 3.09. The van der Waals surface area contributed by atoms with Gasteiger partial charge in [0.15, 0.2) is 0 Å². The lowest BCUT2D eigenvalue weighted by molar-refractivity contribution is 0.561. The van der Waals surface area contributed by atoms with Crippen molar-refractivity contribution >= 4 is 0 Å². The first-order valence-corrected chi connectivity index (χ1v) is 4.17. The van der Waals surface area contributed by atoms with E-state index in [1.165, 1.54) is 0 Å². The number of rotatable bonds is 6. The molecule has 0 aromatic heterocycles. The maximum Gasteiger partial charge on any atom is 0.0519 e. The van der Waals surface area contributed by atoms with Crippen LogP contribution in [-0.2, 0) is 0 Å². The van der Waals surface area contributed by atoms with Crippen molar-refractivity contribution < 1.29 is 0 Å². The van der Waals surface area contributed by atoms with E-state index in [9.17, 15) is 0 Å². The standard InChI is InChI=1S/C8H20N4/c1-6(4-11-7(2)9)5-12-8(3)10/h7-8,11-12H,1,4-5,9-10H2,2-3H3. The van der Waals surface area contributed by atoms with Crippen LogP contribution in [0, 0.1) is 0 Å². The van der Waals surface area contributed by atoms with Gasteiger partial charge < -0.3 is 11.5 Å². The van der Waals surface area contributed by atoms with Gasteiger partial charge in [0.25, 0.3) is 0 Å². The highest BCUT2D eigenvalue weighted by Gasteiger charge is 1.97. The van der Waals surface area contributed by atoms with Crippen molar-refractivity contribution in [1.29, 1.82) is 0 Å². The third-order valence-electron chi connectivity index (χ3n) is 1.35. The average molecular weight is 172 g/mol. The normalized spacial score (nSPS) is 15.7. The van der Waals surface area contributed by atoms with Crippen LogP contribution in [0.2, 0.25) is 0 Å². The molecule has 0 spiro atoms. The zero-order valence-electron chi connectivity index (χ0n) is 7.93. The highest BCUT2D eigenvalue weighted by atomic mass is 15.0. The van der Waals surface area contributed by atoms with Gasteiger partial charge >= 0.3 is 0 Å². The Kier molecular flexibility index (Phi) is 5.92. The number of hydrogen-bond donors (Lipinski definition) is 4. The van der Waals surface area contributed by atoms with Gasteiger partial charge in [0.1, 0.15) is 0 Å². The van der Waals surface area contributed by atoms with Crippen molar-refractivity contribution in [2.24, 2.45) is 11.5 Å². The van der Waals surface area contributed by atoms with Gasteiger partial charge in [-0.15, -0.1) is 0 Å². The summed E-state index contributed by atoms with van der Waals surface area (Å²) in [5, 5.41) is 6.13. The molecule has 2 unspecified atom stereocenters. The first kappa shape index (κ1) is 11.6. The summed E-state index contributed by atoms with van der Waals surface area (Å²) in [5.74, 6) is 0. The van der Waals surface area contributed by atoms with Crippen molar-refractivity contribution in [2.75, 3.05) is 13.1 Å². The van der Waals surface area contributed by atoms with E-state index in [1.807, 2.05) is 13.8 Å². The van der Waals surface area contributed by atoms with E-state index in [0.717, 1.165) is 18.7 Å². The second kappa shape index (κ2) is 6.14. The number of nitrogens with one attached hydrogen (secondary N) is 2. The maximum absolute atomic E-state index is 5.50. The van der Waals surface area contributed by atoms with Gasteiger partial charge in [0.05, 0.1) is 12.3 Å². The van der Waals surface area contributed by atoms with Gasteiger partial charge in [0, 0.05) is 13.1 Å². The zero-order valence-corrected chi connectivity index (χ0v) is 7.93. The van der Waals surface area contributed by atoms with E-state index < -0.39 is 0 Å². The van der Waals surface area contributed by atoms with E-state index in [1.54, 1.807) is 0 Å². The summed E-state index contributed by atoms with van der Waals surface area (Å²) in [6.45, 7) is 9.12. The Hall–Kier alpha value is -0.420. The molecular weight excluding hydrogens is 152 g/mol. The predicted molar refractivity (Wildman–Crippen MR) is 52.4 cm³/mol. The van der Waals surface area contributed by atoms with Crippen LogP contribution >= 0.6 is 0 Å². The molecule has 0 aromatic rings. The predicted octanol–water partition coefficient (Wildman–Crippen LogP) is -0.669. The van der Waals surface area contributed by atoms with Crippen LogP contribution in [-0.4, -0.2) is 25.4 Å².